The molecule has 8 heteroatoms. The zero-order valence-electron chi connectivity index (χ0n) is 14.0. The van der Waals surface area contributed by atoms with Crippen LogP contribution in [0.1, 0.15) is 11.1 Å². The van der Waals surface area contributed by atoms with Crippen molar-refractivity contribution in [3.8, 4) is 12.1 Å². The molecule has 1 aromatic heterocycles. The van der Waals surface area contributed by atoms with Crippen LogP contribution < -0.4 is 15.4 Å². The molecule has 3 aromatic rings. The zero-order chi connectivity index (χ0) is 19.1. The van der Waals surface area contributed by atoms with E-state index in [1.807, 2.05) is 12.1 Å². The lowest BCUT2D eigenvalue weighted by atomic mass is 10.1. The minimum atomic E-state index is -0.794. The van der Waals surface area contributed by atoms with Gasteiger partial charge in [0.15, 0.2) is 11.6 Å². The van der Waals surface area contributed by atoms with Gasteiger partial charge in [0, 0.05) is 5.69 Å². The van der Waals surface area contributed by atoms with Crippen molar-refractivity contribution in [3.05, 3.63) is 77.7 Å². The van der Waals surface area contributed by atoms with E-state index in [-0.39, 0.29) is 18.4 Å². The monoisotopic (exact) mass is 363 g/mol. The van der Waals surface area contributed by atoms with E-state index in [4.69, 9.17) is 10.00 Å². The van der Waals surface area contributed by atoms with Crippen LogP contribution in [0.15, 0.2) is 60.8 Å². The fraction of sp³-hybridized carbons (Fsp3) is 0.0526. The molecular formula is C19H14FN5O2. The average molecular weight is 363 g/mol. The molecule has 3 rings (SSSR count). The summed E-state index contributed by atoms with van der Waals surface area (Å²) in [7, 11) is 0. The second-order valence-corrected chi connectivity index (χ2v) is 5.40. The summed E-state index contributed by atoms with van der Waals surface area (Å²) in [6.45, 7) is 0.0941. The minimum absolute atomic E-state index is 0.0941. The number of urea groups is 1. The number of ether oxygens (including phenoxy) is 1. The van der Waals surface area contributed by atoms with E-state index >= 15 is 0 Å². The second kappa shape index (κ2) is 8.40. The van der Waals surface area contributed by atoms with Gasteiger partial charge in [0.25, 0.3) is 0 Å². The number of nitrogens with one attached hydrogen (secondary N) is 2. The Kier molecular flexibility index (Phi) is 5.54. The fourth-order valence-electron chi connectivity index (χ4n) is 2.18. The quantitative estimate of drug-likeness (QED) is 0.720. The van der Waals surface area contributed by atoms with Crippen LogP contribution in [0.5, 0.6) is 6.01 Å². The molecule has 0 atom stereocenters. The second-order valence-electron chi connectivity index (χ2n) is 5.40. The molecule has 0 saturated heterocycles. The lowest BCUT2D eigenvalue weighted by Crippen LogP contribution is -2.21. The molecule has 2 N–H and O–H groups in total. The number of benzene rings is 2. The van der Waals surface area contributed by atoms with E-state index in [0.717, 1.165) is 11.8 Å². The molecule has 2 amide bonds. The molecule has 7 nitrogen and oxygen atoms in total. The first-order valence-electron chi connectivity index (χ1n) is 7.91. The number of nitrogens with zero attached hydrogens (tertiary/aromatic N) is 3. The third-order valence-electron chi connectivity index (χ3n) is 3.41. The highest BCUT2D eigenvalue weighted by molar-refractivity contribution is 5.99. The minimum Gasteiger partial charge on any atom is -0.459 e. The van der Waals surface area contributed by atoms with Gasteiger partial charge in [-0.05, 0) is 29.8 Å². The first-order chi connectivity index (χ1) is 13.1. The Morgan fingerprint density at radius 1 is 1.15 bits per heavy atom. The largest absolute Gasteiger partial charge is 0.459 e. The summed E-state index contributed by atoms with van der Waals surface area (Å²) in [5.41, 5.74) is 1.78. The molecule has 0 radical (unpaired) electrons. The maximum atomic E-state index is 13.9. The number of anilines is 2. The molecule has 0 aliphatic heterocycles. The van der Waals surface area contributed by atoms with Crippen LogP contribution >= 0.6 is 0 Å². The van der Waals surface area contributed by atoms with Gasteiger partial charge in [0.2, 0.25) is 0 Å². The number of aromatic nitrogens is 2. The van der Waals surface area contributed by atoms with Gasteiger partial charge in [-0.1, -0.05) is 30.3 Å². The molecule has 0 unspecified atom stereocenters. The zero-order valence-corrected chi connectivity index (χ0v) is 14.0. The molecule has 0 aliphatic carbocycles. The third kappa shape index (κ3) is 4.99. The summed E-state index contributed by atoms with van der Waals surface area (Å²) in [4.78, 5) is 19.6. The average Bonchev–Trinajstić information content (AvgIpc) is 2.69. The molecule has 2 aromatic carbocycles. The lowest BCUT2D eigenvalue weighted by Gasteiger charge is -2.09. The maximum absolute atomic E-state index is 13.9. The molecule has 0 spiro atoms. The Morgan fingerprint density at radius 3 is 2.74 bits per heavy atom. The Balaban J connectivity index is 1.65. The standard InChI is InChI=1S/C19H14FN5O2/c20-16-11-22-19(27-12-14-6-4-5-13(9-14)10-21)25-17(16)24-18(26)23-15-7-2-1-3-8-15/h1-9,11H,12H2,(H2,22,23,24,25,26). The van der Waals surface area contributed by atoms with Crippen LogP contribution in [0.4, 0.5) is 20.7 Å². The summed E-state index contributed by atoms with van der Waals surface area (Å²) >= 11 is 0. The van der Waals surface area contributed by atoms with E-state index < -0.39 is 11.8 Å². The van der Waals surface area contributed by atoms with Gasteiger partial charge < -0.3 is 10.1 Å². The van der Waals surface area contributed by atoms with Crippen molar-refractivity contribution in [1.82, 2.24) is 9.97 Å². The number of amides is 2. The van der Waals surface area contributed by atoms with Crippen molar-refractivity contribution >= 4 is 17.5 Å². The molecule has 0 saturated carbocycles. The highest BCUT2D eigenvalue weighted by Gasteiger charge is 2.12. The van der Waals surface area contributed by atoms with Gasteiger partial charge in [-0.3, -0.25) is 5.32 Å². The number of hydrogen-bond acceptors (Lipinski definition) is 5. The summed E-state index contributed by atoms with van der Waals surface area (Å²) in [6, 6.07) is 16.8. The predicted molar refractivity (Wildman–Crippen MR) is 96.6 cm³/mol. The Morgan fingerprint density at radius 2 is 1.96 bits per heavy atom. The van der Waals surface area contributed by atoms with Crippen molar-refractivity contribution in [2.24, 2.45) is 0 Å². The van der Waals surface area contributed by atoms with E-state index in [1.54, 1.807) is 48.5 Å². The smallest absolute Gasteiger partial charge is 0.324 e. The van der Waals surface area contributed by atoms with Crippen LogP contribution in [-0.2, 0) is 6.61 Å². The molecule has 134 valence electrons. The number of carbonyl (C=O) groups excluding carboxylic acids is 1. The number of rotatable bonds is 5. The van der Waals surface area contributed by atoms with E-state index in [2.05, 4.69) is 20.6 Å². The van der Waals surface area contributed by atoms with E-state index in [0.29, 0.717) is 11.3 Å². The predicted octanol–water partition coefficient (Wildman–Crippen LogP) is 3.71. The number of carbonyl (C=O) groups is 1. The van der Waals surface area contributed by atoms with Crippen molar-refractivity contribution in [2.45, 2.75) is 6.61 Å². The Hall–Kier alpha value is -3.99. The molecule has 0 fully saturated rings. The Labute approximate surface area is 154 Å². The maximum Gasteiger partial charge on any atom is 0.324 e. The van der Waals surface area contributed by atoms with Crippen LogP contribution in [0, 0.1) is 17.1 Å². The fourth-order valence-corrected chi connectivity index (χ4v) is 2.18. The summed E-state index contributed by atoms with van der Waals surface area (Å²) in [5, 5.41) is 13.8. The van der Waals surface area contributed by atoms with Crippen molar-refractivity contribution < 1.29 is 13.9 Å². The highest BCUT2D eigenvalue weighted by atomic mass is 19.1. The van der Waals surface area contributed by atoms with Gasteiger partial charge in [-0.15, -0.1) is 0 Å². The van der Waals surface area contributed by atoms with Gasteiger partial charge in [0.05, 0.1) is 17.8 Å². The number of nitriles is 1. The van der Waals surface area contributed by atoms with Gasteiger partial charge in [-0.2, -0.15) is 10.2 Å². The van der Waals surface area contributed by atoms with E-state index in [9.17, 15) is 9.18 Å². The van der Waals surface area contributed by atoms with Crippen molar-refractivity contribution in [2.75, 3.05) is 10.6 Å². The highest BCUT2D eigenvalue weighted by Crippen LogP contribution is 2.15. The summed E-state index contributed by atoms with van der Waals surface area (Å²) in [6.07, 6.45) is 0.909. The summed E-state index contributed by atoms with van der Waals surface area (Å²) in [5.74, 6) is -1.10. The first-order valence-corrected chi connectivity index (χ1v) is 7.91. The topological polar surface area (TPSA) is 99.9 Å². The van der Waals surface area contributed by atoms with Crippen LogP contribution in [0.3, 0.4) is 0 Å². The number of para-hydroxylation sites is 1. The normalized spacial score (nSPS) is 9.93. The molecule has 0 aliphatic rings. The van der Waals surface area contributed by atoms with Crippen LogP contribution in [0.2, 0.25) is 0 Å². The van der Waals surface area contributed by atoms with Gasteiger partial charge in [0.1, 0.15) is 6.61 Å². The number of hydrogen-bond donors (Lipinski definition) is 2. The number of halogens is 1. The van der Waals surface area contributed by atoms with Gasteiger partial charge in [-0.25, -0.2) is 14.2 Å². The molecule has 0 bridgehead atoms. The van der Waals surface area contributed by atoms with E-state index in [1.165, 1.54) is 0 Å². The SMILES string of the molecule is N#Cc1cccc(COc2ncc(F)c(NC(=O)Nc3ccccc3)n2)c1. The third-order valence-corrected chi connectivity index (χ3v) is 3.41. The van der Waals surface area contributed by atoms with Crippen LogP contribution in [-0.4, -0.2) is 16.0 Å². The molecule has 27 heavy (non-hydrogen) atoms. The van der Waals surface area contributed by atoms with Crippen molar-refractivity contribution in [1.29, 1.82) is 5.26 Å². The summed E-state index contributed by atoms with van der Waals surface area (Å²) < 4.78 is 19.3. The van der Waals surface area contributed by atoms with Crippen LogP contribution in [0.25, 0.3) is 0 Å². The molecular weight excluding hydrogens is 349 g/mol. The van der Waals surface area contributed by atoms with Crippen molar-refractivity contribution in [3.63, 3.8) is 0 Å². The molecule has 1 heterocycles. The Bertz CT molecular complexity index is 989. The lowest BCUT2D eigenvalue weighted by molar-refractivity contribution is 0.261. The van der Waals surface area contributed by atoms with Gasteiger partial charge >= 0.3 is 12.0 Å². The first kappa shape index (κ1) is 17.8.